The molecule has 0 aromatic carbocycles. The second-order valence-electron chi connectivity index (χ2n) is 6.92. The van der Waals surface area contributed by atoms with Crippen molar-refractivity contribution in [1.82, 2.24) is 19.9 Å². The van der Waals surface area contributed by atoms with E-state index in [4.69, 9.17) is 4.74 Å². The molecule has 0 N–H and O–H groups in total. The highest BCUT2D eigenvalue weighted by molar-refractivity contribution is 5.38. The molecule has 4 heterocycles. The molecule has 6 nitrogen and oxygen atoms in total. The molecule has 0 aliphatic carbocycles. The lowest BCUT2D eigenvalue weighted by atomic mass is 9.85. The fourth-order valence-corrected chi connectivity index (χ4v) is 3.89. The Morgan fingerprint density at radius 3 is 2.67 bits per heavy atom. The van der Waals surface area contributed by atoms with Crippen LogP contribution in [0.25, 0.3) is 0 Å². The molecule has 0 saturated carbocycles. The van der Waals surface area contributed by atoms with Gasteiger partial charge in [-0.3, -0.25) is 9.88 Å². The van der Waals surface area contributed by atoms with Crippen molar-refractivity contribution in [2.45, 2.75) is 18.6 Å². The van der Waals surface area contributed by atoms with Crippen LogP contribution < -0.4 is 4.90 Å². The average molecular weight is 325 g/mol. The summed E-state index contributed by atoms with van der Waals surface area (Å²) in [6, 6.07) is 7.79. The van der Waals surface area contributed by atoms with Crippen LogP contribution >= 0.6 is 0 Å². The number of ether oxygens (including phenoxy) is 1. The Bertz CT molecular complexity index is 660. The van der Waals surface area contributed by atoms with Gasteiger partial charge in [0.15, 0.2) is 0 Å². The Hall–Kier alpha value is -2.05. The summed E-state index contributed by atoms with van der Waals surface area (Å²) in [4.78, 5) is 17.7. The van der Waals surface area contributed by atoms with Crippen molar-refractivity contribution in [1.29, 1.82) is 0 Å². The zero-order chi connectivity index (χ0) is 16.4. The van der Waals surface area contributed by atoms with Gasteiger partial charge in [0.25, 0.3) is 0 Å². The maximum absolute atomic E-state index is 5.90. The molecule has 0 bridgehead atoms. The lowest BCUT2D eigenvalue weighted by Crippen LogP contribution is -2.67. The van der Waals surface area contributed by atoms with Crippen molar-refractivity contribution in [3.8, 4) is 0 Å². The topological polar surface area (TPSA) is 54.4 Å². The molecule has 0 unspecified atom stereocenters. The van der Waals surface area contributed by atoms with Crippen LogP contribution in [0.1, 0.15) is 12.1 Å². The number of hydrogen-bond acceptors (Lipinski definition) is 6. The number of pyridine rings is 1. The smallest absolute Gasteiger partial charge is 0.225 e. The molecule has 24 heavy (non-hydrogen) atoms. The molecule has 2 aliphatic rings. The molecule has 6 heteroatoms. The number of nitrogens with zero attached hydrogens (tertiary/aromatic N) is 5. The van der Waals surface area contributed by atoms with Crippen molar-refractivity contribution in [3.05, 3.63) is 48.5 Å². The van der Waals surface area contributed by atoms with Gasteiger partial charge in [-0.25, -0.2) is 9.97 Å². The van der Waals surface area contributed by atoms with Gasteiger partial charge < -0.3 is 9.64 Å². The van der Waals surface area contributed by atoms with E-state index in [1.54, 1.807) is 12.4 Å². The van der Waals surface area contributed by atoms with Gasteiger partial charge in [0.1, 0.15) is 0 Å². The first kappa shape index (κ1) is 15.5. The molecule has 0 amide bonds. The van der Waals surface area contributed by atoms with Gasteiger partial charge in [0, 0.05) is 38.2 Å². The lowest BCUT2D eigenvalue weighted by Gasteiger charge is -2.51. The van der Waals surface area contributed by atoms with E-state index in [0.717, 1.165) is 37.9 Å². The normalized spacial score (nSPS) is 22.7. The minimum absolute atomic E-state index is 0.262. The van der Waals surface area contributed by atoms with Crippen molar-refractivity contribution in [2.24, 2.45) is 5.92 Å². The molecule has 2 saturated heterocycles. The summed E-state index contributed by atoms with van der Waals surface area (Å²) >= 11 is 0. The Balaban J connectivity index is 1.28. The van der Waals surface area contributed by atoms with Crippen LogP contribution in [0.5, 0.6) is 0 Å². The van der Waals surface area contributed by atoms with E-state index in [9.17, 15) is 0 Å². The maximum atomic E-state index is 5.90. The molecule has 1 atom stereocenters. The zero-order valence-electron chi connectivity index (χ0n) is 14.0. The van der Waals surface area contributed by atoms with E-state index in [2.05, 4.69) is 31.8 Å². The van der Waals surface area contributed by atoms with Crippen molar-refractivity contribution in [2.75, 3.05) is 38.2 Å². The van der Waals surface area contributed by atoms with Gasteiger partial charge >= 0.3 is 0 Å². The van der Waals surface area contributed by atoms with Crippen LogP contribution in [-0.4, -0.2) is 58.7 Å². The standard InChI is InChI=1S/C18H23N5O/c1-22-10-15(11-24-12-16-5-2-3-6-19-16)9-18(22)13-23(14-18)17-20-7-4-8-21-17/h2-8,15H,9-14H2,1H3/t15-/m1/s1. The third-order valence-electron chi connectivity index (χ3n) is 5.15. The maximum Gasteiger partial charge on any atom is 0.225 e. The van der Waals surface area contributed by atoms with Crippen LogP contribution in [0.2, 0.25) is 0 Å². The van der Waals surface area contributed by atoms with Gasteiger partial charge in [-0.05, 0) is 37.6 Å². The molecule has 1 spiro atoms. The predicted octanol–water partition coefficient (Wildman–Crippen LogP) is 1.60. The predicted molar refractivity (Wildman–Crippen MR) is 91.6 cm³/mol. The first-order valence-electron chi connectivity index (χ1n) is 8.46. The number of likely N-dealkylation sites (N-methyl/N-ethyl adjacent to an activating group) is 1. The third-order valence-corrected chi connectivity index (χ3v) is 5.15. The highest BCUT2D eigenvalue weighted by Crippen LogP contribution is 2.40. The van der Waals surface area contributed by atoms with Gasteiger partial charge in [-0.2, -0.15) is 0 Å². The number of aromatic nitrogens is 3. The Kier molecular flexibility index (Phi) is 4.16. The second-order valence-corrected chi connectivity index (χ2v) is 6.92. The summed E-state index contributed by atoms with van der Waals surface area (Å²) in [7, 11) is 2.22. The van der Waals surface area contributed by atoms with E-state index in [-0.39, 0.29) is 5.54 Å². The molecule has 4 rings (SSSR count). The van der Waals surface area contributed by atoms with Gasteiger partial charge in [-0.1, -0.05) is 6.07 Å². The fourth-order valence-electron chi connectivity index (χ4n) is 3.89. The zero-order valence-corrected chi connectivity index (χ0v) is 14.0. The highest BCUT2D eigenvalue weighted by atomic mass is 16.5. The van der Waals surface area contributed by atoms with Crippen LogP contribution in [-0.2, 0) is 11.3 Å². The van der Waals surface area contributed by atoms with E-state index in [1.165, 1.54) is 6.42 Å². The quantitative estimate of drug-likeness (QED) is 0.832. The average Bonchev–Trinajstić information content (AvgIpc) is 2.92. The van der Waals surface area contributed by atoms with Gasteiger partial charge in [-0.15, -0.1) is 0 Å². The lowest BCUT2D eigenvalue weighted by molar-refractivity contribution is 0.0869. The Labute approximate surface area is 142 Å². The Morgan fingerprint density at radius 2 is 1.92 bits per heavy atom. The summed E-state index contributed by atoms with van der Waals surface area (Å²) in [5.41, 5.74) is 1.26. The second kappa shape index (κ2) is 6.45. The minimum Gasteiger partial charge on any atom is -0.375 e. The first-order valence-corrected chi connectivity index (χ1v) is 8.46. The van der Waals surface area contributed by atoms with Crippen LogP contribution in [0.15, 0.2) is 42.9 Å². The van der Waals surface area contributed by atoms with E-state index in [0.29, 0.717) is 12.5 Å². The Morgan fingerprint density at radius 1 is 1.12 bits per heavy atom. The minimum atomic E-state index is 0.262. The molecule has 2 aromatic rings. The number of rotatable bonds is 5. The highest BCUT2D eigenvalue weighted by Gasteiger charge is 2.52. The molecule has 126 valence electrons. The van der Waals surface area contributed by atoms with E-state index < -0.39 is 0 Å². The van der Waals surface area contributed by atoms with Crippen LogP contribution in [0.3, 0.4) is 0 Å². The SMILES string of the molecule is CN1C[C@H](COCc2ccccn2)CC12CN(c1ncccn1)C2. The number of hydrogen-bond donors (Lipinski definition) is 0. The summed E-state index contributed by atoms with van der Waals surface area (Å²) in [6.07, 6.45) is 6.60. The molecule has 2 fully saturated rings. The molecule has 2 aromatic heterocycles. The number of likely N-dealkylation sites (tertiary alicyclic amines) is 1. The monoisotopic (exact) mass is 325 g/mol. The van der Waals surface area contributed by atoms with Gasteiger partial charge in [0.05, 0.1) is 24.4 Å². The number of anilines is 1. The van der Waals surface area contributed by atoms with Crippen molar-refractivity contribution < 1.29 is 4.74 Å². The fraction of sp³-hybridized carbons (Fsp3) is 0.500. The van der Waals surface area contributed by atoms with Crippen LogP contribution in [0.4, 0.5) is 5.95 Å². The van der Waals surface area contributed by atoms with Gasteiger partial charge in [0.2, 0.25) is 5.95 Å². The molecule has 0 radical (unpaired) electrons. The van der Waals surface area contributed by atoms with Crippen LogP contribution in [0, 0.1) is 5.92 Å². The largest absolute Gasteiger partial charge is 0.375 e. The van der Waals surface area contributed by atoms with E-state index in [1.807, 2.05) is 30.5 Å². The summed E-state index contributed by atoms with van der Waals surface area (Å²) in [6.45, 7) is 4.49. The van der Waals surface area contributed by atoms with E-state index >= 15 is 0 Å². The molecular formula is C18H23N5O. The third kappa shape index (κ3) is 2.99. The molecule has 2 aliphatic heterocycles. The van der Waals surface area contributed by atoms with Crippen molar-refractivity contribution >= 4 is 5.95 Å². The summed E-state index contributed by atoms with van der Waals surface area (Å²) < 4.78 is 5.90. The summed E-state index contributed by atoms with van der Waals surface area (Å²) in [5.74, 6) is 1.42. The summed E-state index contributed by atoms with van der Waals surface area (Å²) in [5, 5.41) is 0. The first-order chi connectivity index (χ1) is 11.8. The van der Waals surface area contributed by atoms with Crippen molar-refractivity contribution in [3.63, 3.8) is 0 Å². The molecular weight excluding hydrogens is 302 g/mol.